The molecule has 2 aromatic rings. The summed E-state index contributed by atoms with van der Waals surface area (Å²) in [5.41, 5.74) is 2.10. The maximum atomic E-state index is 12.7. The number of aryl methyl sites for hydroxylation is 1. The first kappa shape index (κ1) is 14.9. The largest absolute Gasteiger partial charge is 0.481 e. The van der Waals surface area contributed by atoms with E-state index in [-0.39, 0.29) is 18.4 Å². The van der Waals surface area contributed by atoms with Crippen molar-refractivity contribution in [2.75, 3.05) is 18.1 Å². The zero-order valence-corrected chi connectivity index (χ0v) is 13.0. The number of fused-ring (bicyclic) bond motifs is 1. The quantitative estimate of drug-likeness (QED) is 0.931. The van der Waals surface area contributed by atoms with Gasteiger partial charge in [0.1, 0.15) is 11.3 Å². The van der Waals surface area contributed by atoms with E-state index in [4.69, 9.17) is 5.11 Å². The zero-order valence-electron chi connectivity index (χ0n) is 12.2. The molecule has 0 spiro atoms. The molecule has 1 atom stereocenters. The molecule has 0 aliphatic carbocycles. The molecule has 1 N–H and O–H groups in total. The molecule has 1 saturated heterocycles. The first-order valence-electron chi connectivity index (χ1n) is 7.11. The van der Waals surface area contributed by atoms with Gasteiger partial charge in [-0.05, 0) is 19.1 Å². The maximum absolute atomic E-state index is 12.7. The molecule has 0 aromatic carbocycles. The van der Waals surface area contributed by atoms with Crippen molar-refractivity contribution in [1.82, 2.24) is 14.3 Å². The van der Waals surface area contributed by atoms with Crippen molar-refractivity contribution in [2.45, 2.75) is 19.4 Å². The molecular formula is C15H17N3O3S. The lowest BCUT2D eigenvalue weighted by Gasteiger charge is -2.34. The Labute approximate surface area is 132 Å². The second kappa shape index (κ2) is 6.00. The van der Waals surface area contributed by atoms with Crippen LogP contribution in [0.25, 0.3) is 5.65 Å². The van der Waals surface area contributed by atoms with Gasteiger partial charge in [-0.2, -0.15) is 11.8 Å². The Morgan fingerprint density at radius 2 is 2.27 bits per heavy atom. The SMILES string of the molecule is Cc1cccc2nc(C(=O)N3CCSC[C@@H]3CC(=O)O)cn12. The highest BCUT2D eigenvalue weighted by Gasteiger charge is 2.30. The summed E-state index contributed by atoms with van der Waals surface area (Å²) in [6, 6.07) is 5.43. The normalized spacial score (nSPS) is 18.6. The van der Waals surface area contributed by atoms with Crippen molar-refractivity contribution >= 4 is 29.3 Å². The average molecular weight is 319 g/mol. The average Bonchev–Trinajstić information content (AvgIpc) is 2.92. The number of rotatable bonds is 3. The van der Waals surface area contributed by atoms with Crippen LogP contribution in [0.5, 0.6) is 0 Å². The summed E-state index contributed by atoms with van der Waals surface area (Å²) in [5, 5.41) is 9.02. The summed E-state index contributed by atoms with van der Waals surface area (Å²) >= 11 is 1.69. The predicted molar refractivity (Wildman–Crippen MR) is 84.3 cm³/mol. The van der Waals surface area contributed by atoms with Gasteiger partial charge in [-0.25, -0.2) is 4.98 Å². The number of hydrogen-bond acceptors (Lipinski definition) is 4. The minimum absolute atomic E-state index is 0.0227. The summed E-state index contributed by atoms with van der Waals surface area (Å²) in [6.45, 7) is 2.52. The van der Waals surface area contributed by atoms with Crippen molar-refractivity contribution in [3.8, 4) is 0 Å². The van der Waals surface area contributed by atoms with E-state index in [2.05, 4.69) is 4.98 Å². The molecule has 3 rings (SSSR count). The highest BCUT2D eigenvalue weighted by molar-refractivity contribution is 7.99. The Morgan fingerprint density at radius 1 is 1.45 bits per heavy atom. The molecule has 0 radical (unpaired) electrons. The van der Waals surface area contributed by atoms with E-state index in [1.54, 1.807) is 22.9 Å². The van der Waals surface area contributed by atoms with Crippen molar-refractivity contribution in [3.63, 3.8) is 0 Å². The highest BCUT2D eigenvalue weighted by atomic mass is 32.2. The van der Waals surface area contributed by atoms with E-state index in [1.807, 2.05) is 29.5 Å². The Bertz CT molecular complexity index is 728. The van der Waals surface area contributed by atoms with E-state index in [0.29, 0.717) is 18.0 Å². The maximum Gasteiger partial charge on any atom is 0.305 e. The van der Waals surface area contributed by atoms with Crippen LogP contribution in [0.2, 0.25) is 0 Å². The van der Waals surface area contributed by atoms with Crippen LogP contribution in [0.3, 0.4) is 0 Å². The van der Waals surface area contributed by atoms with E-state index >= 15 is 0 Å². The minimum Gasteiger partial charge on any atom is -0.481 e. The molecule has 116 valence electrons. The molecule has 3 heterocycles. The number of aliphatic carboxylic acids is 1. The van der Waals surface area contributed by atoms with Crippen molar-refractivity contribution < 1.29 is 14.7 Å². The molecule has 22 heavy (non-hydrogen) atoms. The lowest BCUT2D eigenvalue weighted by Crippen LogP contribution is -2.47. The number of carbonyl (C=O) groups is 2. The monoisotopic (exact) mass is 319 g/mol. The summed E-state index contributed by atoms with van der Waals surface area (Å²) in [4.78, 5) is 29.7. The number of aromatic nitrogens is 2. The van der Waals surface area contributed by atoms with E-state index < -0.39 is 5.97 Å². The lowest BCUT2D eigenvalue weighted by molar-refractivity contribution is -0.138. The first-order chi connectivity index (χ1) is 10.6. The number of hydrogen-bond donors (Lipinski definition) is 1. The third kappa shape index (κ3) is 2.81. The van der Waals surface area contributed by atoms with Gasteiger partial charge in [0.15, 0.2) is 0 Å². The Kier molecular flexibility index (Phi) is 4.06. The van der Waals surface area contributed by atoms with Gasteiger partial charge >= 0.3 is 5.97 Å². The fourth-order valence-corrected chi connectivity index (χ4v) is 3.75. The number of carboxylic acids is 1. The molecule has 1 amide bonds. The number of nitrogens with zero attached hydrogens (tertiary/aromatic N) is 3. The van der Waals surface area contributed by atoms with Gasteiger partial charge in [0, 0.05) is 29.9 Å². The number of imidazole rings is 1. The van der Waals surface area contributed by atoms with Crippen LogP contribution in [0.15, 0.2) is 24.4 Å². The topological polar surface area (TPSA) is 74.9 Å². The molecule has 0 bridgehead atoms. The molecule has 1 aliphatic heterocycles. The minimum atomic E-state index is -0.879. The van der Waals surface area contributed by atoms with Gasteiger partial charge in [-0.1, -0.05) is 6.07 Å². The van der Waals surface area contributed by atoms with E-state index in [9.17, 15) is 9.59 Å². The molecular weight excluding hydrogens is 302 g/mol. The Hall–Kier alpha value is -2.02. The van der Waals surface area contributed by atoms with Gasteiger partial charge < -0.3 is 14.4 Å². The van der Waals surface area contributed by atoms with Crippen LogP contribution in [0, 0.1) is 6.92 Å². The molecule has 0 unspecified atom stereocenters. The van der Waals surface area contributed by atoms with Crippen molar-refractivity contribution in [3.05, 3.63) is 35.8 Å². The standard InChI is InChI=1S/C15H17N3O3S/c1-10-3-2-4-13-16-12(8-18(10)13)15(21)17-5-6-22-9-11(17)7-14(19)20/h2-4,8,11H,5-7,9H2,1H3,(H,19,20)/t11-/m0/s1. The predicted octanol–water partition coefficient (Wildman–Crippen LogP) is 1.68. The molecule has 7 heteroatoms. The van der Waals surface area contributed by atoms with Crippen LogP contribution >= 0.6 is 11.8 Å². The summed E-state index contributed by atoms with van der Waals surface area (Å²) in [5.74, 6) is 0.421. The Morgan fingerprint density at radius 3 is 3.00 bits per heavy atom. The summed E-state index contributed by atoms with van der Waals surface area (Å²) in [6.07, 6.45) is 1.71. The number of amides is 1. The van der Waals surface area contributed by atoms with Gasteiger partial charge in [0.2, 0.25) is 0 Å². The van der Waals surface area contributed by atoms with E-state index in [0.717, 1.165) is 17.1 Å². The summed E-state index contributed by atoms with van der Waals surface area (Å²) in [7, 11) is 0. The van der Waals surface area contributed by atoms with Crippen LogP contribution in [-0.2, 0) is 4.79 Å². The third-order valence-corrected chi connectivity index (χ3v) is 4.91. The van der Waals surface area contributed by atoms with Crippen molar-refractivity contribution in [1.29, 1.82) is 0 Å². The fourth-order valence-electron chi connectivity index (χ4n) is 2.69. The third-order valence-electron chi connectivity index (χ3n) is 3.81. The second-order valence-electron chi connectivity index (χ2n) is 5.35. The second-order valence-corrected chi connectivity index (χ2v) is 6.50. The number of pyridine rings is 1. The zero-order chi connectivity index (χ0) is 15.7. The number of carbonyl (C=O) groups excluding carboxylic acids is 1. The van der Waals surface area contributed by atoms with Crippen LogP contribution in [0.1, 0.15) is 22.6 Å². The smallest absolute Gasteiger partial charge is 0.305 e. The summed E-state index contributed by atoms with van der Waals surface area (Å²) < 4.78 is 1.87. The molecule has 1 fully saturated rings. The van der Waals surface area contributed by atoms with Gasteiger partial charge in [0.25, 0.3) is 5.91 Å². The molecule has 6 nitrogen and oxygen atoms in total. The van der Waals surface area contributed by atoms with Gasteiger partial charge in [-0.3, -0.25) is 9.59 Å². The molecule has 2 aromatic heterocycles. The van der Waals surface area contributed by atoms with Gasteiger partial charge in [-0.15, -0.1) is 0 Å². The van der Waals surface area contributed by atoms with Gasteiger partial charge in [0.05, 0.1) is 12.5 Å². The number of carboxylic acid groups (broad SMARTS) is 1. The lowest BCUT2D eigenvalue weighted by atomic mass is 10.2. The van der Waals surface area contributed by atoms with E-state index in [1.165, 1.54) is 0 Å². The van der Waals surface area contributed by atoms with Crippen LogP contribution < -0.4 is 0 Å². The highest BCUT2D eigenvalue weighted by Crippen LogP contribution is 2.21. The van der Waals surface area contributed by atoms with Crippen LogP contribution in [0.4, 0.5) is 0 Å². The fraction of sp³-hybridized carbons (Fsp3) is 0.400. The first-order valence-corrected chi connectivity index (χ1v) is 8.27. The van der Waals surface area contributed by atoms with Crippen molar-refractivity contribution in [2.24, 2.45) is 0 Å². The molecule has 0 saturated carbocycles. The molecule has 1 aliphatic rings. The Balaban J connectivity index is 1.89. The number of thioether (sulfide) groups is 1. The van der Waals surface area contributed by atoms with Crippen LogP contribution in [-0.4, -0.2) is 55.4 Å².